The molecule has 0 bridgehead atoms. The third-order valence-corrected chi connectivity index (χ3v) is 5.26. The number of aromatic nitrogens is 2. The second-order valence-corrected chi connectivity index (χ2v) is 6.90. The van der Waals surface area contributed by atoms with Crippen LogP contribution in [0.4, 0.5) is 9.52 Å². The van der Waals surface area contributed by atoms with E-state index in [1.807, 2.05) is 0 Å². The summed E-state index contributed by atoms with van der Waals surface area (Å²) in [4.78, 5) is 21.1. The SMILES string of the molecule is CCN(CC)CCN(C(=O)c1cc(C)on1)c1nc2c(F)cccc2s1.Cl. The normalized spacial score (nSPS) is 11.0. The van der Waals surface area contributed by atoms with Crippen LogP contribution in [0.2, 0.25) is 0 Å². The van der Waals surface area contributed by atoms with E-state index < -0.39 is 5.82 Å². The number of hydrogen-bond acceptors (Lipinski definition) is 6. The van der Waals surface area contributed by atoms with Gasteiger partial charge >= 0.3 is 0 Å². The number of anilines is 1. The van der Waals surface area contributed by atoms with Gasteiger partial charge in [0, 0.05) is 19.2 Å². The summed E-state index contributed by atoms with van der Waals surface area (Å²) in [6, 6.07) is 6.41. The summed E-state index contributed by atoms with van der Waals surface area (Å²) >= 11 is 1.29. The topological polar surface area (TPSA) is 62.5 Å². The van der Waals surface area contributed by atoms with Crippen LogP contribution in [0.5, 0.6) is 0 Å². The van der Waals surface area contributed by atoms with Crippen LogP contribution in [0.15, 0.2) is 28.8 Å². The van der Waals surface area contributed by atoms with E-state index in [0.29, 0.717) is 28.7 Å². The predicted molar refractivity (Wildman–Crippen MR) is 108 cm³/mol. The van der Waals surface area contributed by atoms with Crippen molar-refractivity contribution in [2.75, 3.05) is 31.1 Å². The van der Waals surface area contributed by atoms with Crippen LogP contribution >= 0.6 is 23.7 Å². The summed E-state index contributed by atoms with van der Waals surface area (Å²) < 4.78 is 19.8. The minimum Gasteiger partial charge on any atom is -0.361 e. The van der Waals surface area contributed by atoms with Gasteiger partial charge in [0.2, 0.25) is 0 Å². The molecular weight excluding hydrogens is 391 g/mol. The molecule has 0 unspecified atom stereocenters. The Morgan fingerprint density at radius 1 is 1.26 bits per heavy atom. The molecule has 146 valence electrons. The molecule has 2 heterocycles. The molecule has 0 spiro atoms. The van der Waals surface area contributed by atoms with E-state index in [-0.39, 0.29) is 29.5 Å². The Morgan fingerprint density at radius 2 is 2.00 bits per heavy atom. The van der Waals surface area contributed by atoms with Gasteiger partial charge in [0.1, 0.15) is 17.1 Å². The highest BCUT2D eigenvalue weighted by atomic mass is 35.5. The van der Waals surface area contributed by atoms with Crippen molar-refractivity contribution < 1.29 is 13.7 Å². The third kappa shape index (κ3) is 4.63. The number of para-hydroxylation sites is 1. The fourth-order valence-electron chi connectivity index (χ4n) is 2.69. The van der Waals surface area contributed by atoms with E-state index in [2.05, 4.69) is 28.9 Å². The molecule has 2 aromatic heterocycles. The Morgan fingerprint density at radius 3 is 2.59 bits per heavy atom. The second kappa shape index (κ2) is 9.25. The number of thiazole rings is 1. The lowest BCUT2D eigenvalue weighted by molar-refractivity contribution is 0.0975. The summed E-state index contributed by atoms with van der Waals surface area (Å²) in [5.41, 5.74) is 0.506. The average Bonchev–Trinajstić information content (AvgIpc) is 3.25. The van der Waals surface area contributed by atoms with Crippen molar-refractivity contribution in [3.63, 3.8) is 0 Å². The number of halogens is 2. The van der Waals surface area contributed by atoms with E-state index in [1.54, 1.807) is 30.0 Å². The first-order valence-electron chi connectivity index (χ1n) is 8.56. The van der Waals surface area contributed by atoms with Crippen molar-refractivity contribution in [2.24, 2.45) is 0 Å². The first kappa shape index (κ1) is 21.3. The number of rotatable bonds is 7. The van der Waals surface area contributed by atoms with Gasteiger partial charge in [-0.1, -0.05) is 36.4 Å². The highest BCUT2D eigenvalue weighted by Crippen LogP contribution is 2.31. The summed E-state index contributed by atoms with van der Waals surface area (Å²) in [7, 11) is 0. The van der Waals surface area contributed by atoms with Gasteiger partial charge in [0.05, 0.1) is 4.70 Å². The Hall–Kier alpha value is -2.03. The van der Waals surface area contributed by atoms with Crippen LogP contribution in [0, 0.1) is 12.7 Å². The molecule has 0 aliphatic carbocycles. The number of benzene rings is 1. The highest BCUT2D eigenvalue weighted by molar-refractivity contribution is 7.22. The molecule has 0 saturated heterocycles. The van der Waals surface area contributed by atoms with Gasteiger partial charge in [-0.05, 0) is 32.1 Å². The van der Waals surface area contributed by atoms with Crippen molar-refractivity contribution in [2.45, 2.75) is 20.8 Å². The highest BCUT2D eigenvalue weighted by Gasteiger charge is 2.24. The van der Waals surface area contributed by atoms with Crippen molar-refractivity contribution in [3.8, 4) is 0 Å². The minimum absolute atomic E-state index is 0. The molecule has 0 N–H and O–H groups in total. The van der Waals surface area contributed by atoms with Crippen molar-refractivity contribution >= 4 is 45.0 Å². The minimum atomic E-state index is -0.390. The monoisotopic (exact) mass is 412 g/mol. The summed E-state index contributed by atoms with van der Waals surface area (Å²) in [5, 5.41) is 4.28. The second-order valence-electron chi connectivity index (χ2n) is 5.89. The molecule has 6 nitrogen and oxygen atoms in total. The number of amides is 1. The van der Waals surface area contributed by atoms with Gasteiger partial charge in [0.15, 0.2) is 10.8 Å². The van der Waals surface area contributed by atoms with E-state index in [9.17, 15) is 9.18 Å². The van der Waals surface area contributed by atoms with E-state index in [4.69, 9.17) is 4.52 Å². The molecule has 0 fully saturated rings. The zero-order valence-electron chi connectivity index (χ0n) is 15.4. The standard InChI is InChI=1S/C18H21FN4O2S.ClH/c1-4-22(5-2)9-10-23(17(24)14-11-12(3)25-21-14)18-20-16-13(19)7-6-8-15(16)26-18;/h6-8,11H,4-5,9-10H2,1-3H3;1H. The van der Waals surface area contributed by atoms with Crippen LogP contribution in [0.3, 0.4) is 0 Å². The molecule has 0 atom stereocenters. The first-order chi connectivity index (χ1) is 12.5. The molecule has 3 aromatic rings. The number of likely N-dealkylation sites (N-methyl/N-ethyl adjacent to an activating group) is 1. The first-order valence-corrected chi connectivity index (χ1v) is 9.37. The quantitative estimate of drug-likeness (QED) is 0.583. The van der Waals surface area contributed by atoms with Gasteiger partial charge in [-0.15, -0.1) is 12.4 Å². The fourth-order valence-corrected chi connectivity index (χ4v) is 3.69. The van der Waals surface area contributed by atoms with Crippen molar-refractivity contribution in [1.82, 2.24) is 15.0 Å². The molecule has 0 aliphatic rings. The Labute approximate surface area is 167 Å². The fraction of sp³-hybridized carbons (Fsp3) is 0.389. The lowest BCUT2D eigenvalue weighted by Gasteiger charge is -2.24. The van der Waals surface area contributed by atoms with E-state index in [0.717, 1.165) is 13.1 Å². The smallest absolute Gasteiger partial charge is 0.282 e. The third-order valence-electron chi connectivity index (χ3n) is 4.22. The number of hydrogen-bond donors (Lipinski definition) is 0. The Kier molecular flexibility index (Phi) is 7.29. The van der Waals surface area contributed by atoms with Crippen LogP contribution in [-0.4, -0.2) is 47.1 Å². The maximum atomic E-state index is 14.0. The number of carbonyl (C=O) groups is 1. The van der Waals surface area contributed by atoms with Crippen LogP contribution < -0.4 is 4.90 Å². The molecule has 27 heavy (non-hydrogen) atoms. The Bertz CT molecular complexity index is 910. The molecule has 9 heteroatoms. The summed E-state index contributed by atoms with van der Waals surface area (Å²) in [5.74, 6) is -0.126. The zero-order valence-corrected chi connectivity index (χ0v) is 17.1. The largest absolute Gasteiger partial charge is 0.361 e. The molecule has 1 amide bonds. The molecule has 0 saturated carbocycles. The average molecular weight is 413 g/mol. The molecular formula is C18H22ClFN4O2S. The van der Waals surface area contributed by atoms with Crippen molar-refractivity contribution in [1.29, 1.82) is 0 Å². The van der Waals surface area contributed by atoms with E-state index >= 15 is 0 Å². The lowest BCUT2D eigenvalue weighted by atomic mass is 10.3. The van der Waals surface area contributed by atoms with Crippen LogP contribution in [0.1, 0.15) is 30.1 Å². The van der Waals surface area contributed by atoms with Crippen molar-refractivity contribution in [3.05, 3.63) is 41.5 Å². The number of nitrogens with zero attached hydrogens (tertiary/aromatic N) is 4. The van der Waals surface area contributed by atoms with Crippen LogP contribution in [-0.2, 0) is 0 Å². The molecule has 3 rings (SSSR count). The van der Waals surface area contributed by atoms with Gasteiger partial charge in [-0.2, -0.15) is 0 Å². The lowest BCUT2D eigenvalue weighted by Crippen LogP contribution is -2.39. The maximum Gasteiger partial charge on any atom is 0.282 e. The molecule has 0 radical (unpaired) electrons. The van der Waals surface area contributed by atoms with Gasteiger partial charge in [-0.25, -0.2) is 9.37 Å². The van der Waals surface area contributed by atoms with Crippen LogP contribution in [0.25, 0.3) is 10.2 Å². The van der Waals surface area contributed by atoms with E-state index in [1.165, 1.54) is 17.4 Å². The predicted octanol–water partition coefficient (Wildman–Crippen LogP) is 4.14. The molecule has 0 aliphatic heterocycles. The zero-order chi connectivity index (χ0) is 18.7. The maximum absolute atomic E-state index is 14.0. The van der Waals surface area contributed by atoms with Gasteiger partial charge < -0.3 is 9.42 Å². The number of aryl methyl sites for hydroxylation is 1. The summed E-state index contributed by atoms with van der Waals surface area (Å²) in [6.45, 7) is 8.78. The number of fused-ring (bicyclic) bond motifs is 1. The Balaban J connectivity index is 0.00000261. The van der Waals surface area contributed by atoms with Gasteiger partial charge in [-0.3, -0.25) is 9.69 Å². The van der Waals surface area contributed by atoms with Gasteiger partial charge in [0.25, 0.3) is 5.91 Å². The number of carbonyl (C=O) groups excluding carboxylic acids is 1. The molecule has 1 aromatic carbocycles. The summed E-state index contributed by atoms with van der Waals surface area (Å²) in [6.07, 6.45) is 0.